The van der Waals surface area contributed by atoms with E-state index in [9.17, 15) is 12.8 Å². The molecule has 1 aromatic heterocycles. The third-order valence-electron chi connectivity index (χ3n) is 3.93. The summed E-state index contributed by atoms with van der Waals surface area (Å²) >= 11 is 0. The molecule has 1 saturated heterocycles. The van der Waals surface area contributed by atoms with Crippen molar-refractivity contribution in [1.29, 1.82) is 0 Å². The number of aromatic nitrogens is 1. The number of benzene rings is 1. The minimum absolute atomic E-state index is 0.198. The maximum atomic E-state index is 13.2. The third-order valence-corrected chi connectivity index (χ3v) is 4.50. The number of fused-ring (bicyclic) bond motifs is 1. The van der Waals surface area contributed by atoms with E-state index >= 15 is 0 Å². The van der Waals surface area contributed by atoms with Crippen LogP contribution in [0.15, 0.2) is 22.6 Å². The number of piperidine rings is 1. The molecule has 1 aliphatic heterocycles. The smallest absolute Gasteiger partial charge is 0.274 e. The van der Waals surface area contributed by atoms with Crippen molar-refractivity contribution in [2.24, 2.45) is 11.1 Å². The molecule has 0 saturated carbocycles. The first kappa shape index (κ1) is 16.3. The predicted molar refractivity (Wildman–Crippen MR) is 83.1 cm³/mol. The van der Waals surface area contributed by atoms with E-state index in [4.69, 9.17) is 9.56 Å². The zero-order valence-electron chi connectivity index (χ0n) is 12.5. The lowest BCUT2D eigenvalue weighted by atomic mass is 9.98. The van der Waals surface area contributed by atoms with Gasteiger partial charge in [-0.05, 0) is 37.4 Å². The molecule has 1 fully saturated rings. The van der Waals surface area contributed by atoms with Crippen LogP contribution in [0, 0.1) is 11.7 Å². The monoisotopic (exact) mass is 342 g/mol. The molecular weight excluding hydrogens is 323 g/mol. The third kappa shape index (κ3) is 4.47. The Morgan fingerprint density at radius 2 is 2.30 bits per heavy atom. The van der Waals surface area contributed by atoms with Crippen molar-refractivity contribution in [3.05, 3.63) is 29.9 Å². The number of nitrogens with zero attached hydrogens (tertiary/aromatic N) is 2. The Morgan fingerprint density at radius 3 is 3.09 bits per heavy atom. The first-order chi connectivity index (χ1) is 10.9. The highest BCUT2D eigenvalue weighted by Gasteiger charge is 2.22. The number of halogens is 1. The lowest BCUT2D eigenvalue weighted by Crippen LogP contribution is -2.42. The molecule has 0 bridgehead atoms. The summed E-state index contributed by atoms with van der Waals surface area (Å²) in [5.41, 5.74) is 1.07. The van der Waals surface area contributed by atoms with Crippen LogP contribution in [0.5, 0.6) is 0 Å². The maximum Gasteiger partial charge on any atom is 0.274 e. The van der Waals surface area contributed by atoms with Gasteiger partial charge in [0, 0.05) is 19.2 Å². The van der Waals surface area contributed by atoms with Gasteiger partial charge < -0.3 is 4.42 Å². The molecule has 0 radical (unpaired) electrons. The van der Waals surface area contributed by atoms with Crippen molar-refractivity contribution in [3.63, 3.8) is 0 Å². The van der Waals surface area contributed by atoms with Crippen LogP contribution in [-0.4, -0.2) is 37.9 Å². The second kappa shape index (κ2) is 6.52. The standard InChI is InChI=1S/C14H19FN4O3S/c15-11-3-4-12-13(6-11)22-14(18-12)9-19-5-1-2-10(8-19)7-17-23(16,20)21/h3-4,6,10,17H,1-2,5,7-9H2,(H2,16,20,21)/t10-/m1/s1. The summed E-state index contributed by atoms with van der Waals surface area (Å²) in [7, 11) is -3.66. The second-order valence-corrected chi connectivity index (χ2v) is 7.24. The molecule has 0 spiro atoms. The first-order valence-electron chi connectivity index (χ1n) is 7.44. The number of nitrogens with two attached hydrogens (primary N) is 1. The zero-order chi connectivity index (χ0) is 16.4. The van der Waals surface area contributed by atoms with E-state index in [2.05, 4.69) is 14.6 Å². The summed E-state index contributed by atoms with van der Waals surface area (Å²) in [4.78, 5) is 6.50. The topological polar surface area (TPSA) is 101 Å². The molecule has 7 nitrogen and oxygen atoms in total. The average Bonchev–Trinajstić information content (AvgIpc) is 2.86. The summed E-state index contributed by atoms with van der Waals surface area (Å²) < 4.78 is 43.0. The normalized spacial score (nSPS) is 20.2. The van der Waals surface area contributed by atoms with E-state index in [0.717, 1.165) is 25.9 Å². The van der Waals surface area contributed by atoms with Crippen LogP contribution >= 0.6 is 0 Å². The van der Waals surface area contributed by atoms with Gasteiger partial charge in [-0.15, -0.1) is 0 Å². The van der Waals surface area contributed by atoms with Crippen molar-refractivity contribution in [3.8, 4) is 0 Å². The van der Waals surface area contributed by atoms with E-state index in [1.54, 1.807) is 6.07 Å². The van der Waals surface area contributed by atoms with E-state index in [-0.39, 0.29) is 11.7 Å². The number of oxazole rings is 1. The summed E-state index contributed by atoms with van der Waals surface area (Å²) in [6, 6.07) is 4.26. The van der Waals surface area contributed by atoms with Gasteiger partial charge in [-0.2, -0.15) is 8.42 Å². The maximum absolute atomic E-state index is 13.2. The zero-order valence-corrected chi connectivity index (χ0v) is 13.4. The Labute approximate surface area is 133 Å². The van der Waals surface area contributed by atoms with E-state index in [1.165, 1.54) is 12.1 Å². The Bertz CT molecular complexity index is 792. The summed E-state index contributed by atoms with van der Waals surface area (Å²) in [6.07, 6.45) is 1.91. The van der Waals surface area contributed by atoms with Gasteiger partial charge in [0.25, 0.3) is 10.2 Å². The molecule has 0 aliphatic carbocycles. The molecule has 9 heteroatoms. The predicted octanol–water partition coefficient (Wildman–Crippen LogP) is 0.972. The van der Waals surface area contributed by atoms with Gasteiger partial charge in [0.2, 0.25) is 5.89 Å². The van der Waals surface area contributed by atoms with Gasteiger partial charge in [0.15, 0.2) is 5.58 Å². The molecule has 126 valence electrons. The largest absolute Gasteiger partial charge is 0.439 e. The van der Waals surface area contributed by atoms with Gasteiger partial charge >= 0.3 is 0 Å². The Kier molecular flexibility index (Phi) is 4.62. The highest BCUT2D eigenvalue weighted by molar-refractivity contribution is 7.87. The van der Waals surface area contributed by atoms with E-state index in [0.29, 0.717) is 30.1 Å². The van der Waals surface area contributed by atoms with Crippen LogP contribution < -0.4 is 9.86 Å². The fraction of sp³-hybridized carbons (Fsp3) is 0.500. The quantitative estimate of drug-likeness (QED) is 0.843. The molecule has 0 amide bonds. The first-order valence-corrected chi connectivity index (χ1v) is 8.98. The Morgan fingerprint density at radius 1 is 1.48 bits per heavy atom. The minimum Gasteiger partial charge on any atom is -0.439 e. The van der Waals surface area contributed by atoms with Crippen LogP contribution in [0.4, 0.5) is 4.39 Å². The lowest BCUT2D eigenvalue weighted by Gasteiger charge is -2.31. The van der Waals surface area contributed by atoms with Gasteiger partial charge in [-0.25, -0.2) is 19.2 Å². The van der Waals surface area contributed by atoms with Gasteiger partial charge in [0.1, 0.15) is 11.3 Å². The molecule has 0 unspecified atom stereocenters. The summed E-state index contributed by atoms with van der Waals surface area (Å²) in [5, 5.41) is 4.96. The molecule has 1 aromatic carbocycles. The number of likely N-dealkylation sites (tertiary alicyclic amines) is 1. The highest BCUT2D eigenvalue weighted by atomic mass is 32.2. The fourth-order valence-corrected chi connectivity index (χ4v) is 3.37. The number of hydrogen-bond acceptors (Lipinski definition) is 5. The number of nitrogens with one attached hydrogen (secondary N) is 1. The van der Waals surface area contributed by atoms with Crippen molar-refractivity contribution in [1.82, 2.24) is 14.6 Å². The molecule has 1 atom stereocenters. The Hall–Kier alpha value is -1.55. The fourth-order valence-electron chi connectivity index (χ4n) is 2.90. The van der Waals surface area contributed by atoms with Gasteiger partial charge in [-0.1, -0.05) is 0 Å². The number of hydrogen-bond donors (Lipinski definition) is 2. The molecule has 1 aliphatic rings. The van der Waals surface area contributed by atoms with Crippen molar-refractivity contribution in [2.75, 3.05) is 19.6 Å². The van der Waals surface area contributed by atoms with Crippen molar-refractivity contribution >= 4 is 21.3 Å². The Balaban J connectivity index is 1.62. The number of rotatable bonds is 5. The van der Waals surface area contributed by atoms with Crippen LogP contribution in [0.3, 0.4) is 0 Å². The van der Waals surface area contributed by atoms with Crippen LogP contribution in [0.2, 0.25) is 0 Å². The second-order valence-electron chi connectivity index (χ2n) is 5.86. The van der Waals surface area contributed by atoms with E-state index in [1.807, 2.05) is 0 Å². The van der Waals surface area contributed by atoms with Crippen LogP contribution in [0.25, 0.3) is 11.1 Å². The van der Waals surface area contributed by atoms with Crippen LogP contribution in [-0.2, 0) is 16.8 Å². The molecule has 3 N–H and O–H groups in total. The van der Waals surface area contributed by atoms with Crippen molar-refractivity contribution in [2.45, 2.75) is 19.4 Å². The minimum atomic E-state index is -3.66. The molecule has 2 heterocycles. The molecule has 23 heavy (non-hydrogen) atoms. The molecule has 2 aromatic rings. The molecule has 3 rings (SSSR count). The van der Waals surface area contributed by atoms with E-state index < -0.39 is 10.2 Å². The van der Waals surface area contributed by atoms with Gasteiger partial charge in [0.05, 0.1) is 6.54 Å². The SMILES string of the molecule is NS(=O)(=O)NC[C@H]1CCCN(Cc2nc3ccc(F)cc3o2)C1. The summed E-state index contributed by atoms with van der Waals surface area (Å²) in [6.45, 7) is 2.46. The summed E-state index contributed by atoms with van der Waals surface area (Å²) in [5.74, 6) is 0.377. The van der Waals surface area contributed by atoms with Crippen molar-refractivity contribution < 1.29 is 17.2 Å². The average molecular weight is 342 g/mol. The molecular formula is C14H19FN4O3S. The highest BCUT2D eigenvalue weighted by Crippen LogP contribution is 2.21. The van der Waals surface area contributed by atoms with Crippen LogP contribution in [0.1, 0.15) is 18.7 Å². The van der Waals surface area contributed by atoms with Gasteiger partial charge in [-0.3, -0.25) is 4.90 Å². The lowest BCUT2D eigenvalue weighted by molar-refractivity contribution is 0.157.